The first-order valence-electron chi connectivity index (χ1n) is 9.45. The Labute approximate surface area is 180 Å². The summed E-state index contributed by atoms with van der Waals surface area (Å²) < 4.78 is 12.3. The van der Waals surface area contributed by atoms with Gasteiger partial charge < -0.3 is 9.47 Å². The van der Waals surface area contributed by atoms with Gasteiger partial charge in [-0.05, 0) is 43.3 Å². The Morgan fingerprint density at radius 2 is 1.71 bits per heavy atom. The Balaban J connectivity index is 1.51. The lowest BCUT2D eigenvalue weighted by Crippen LogP contribution is -2.29. The molecule has 8 nitrogen and oxygen atoms in total. The van der Waals surface area contributed by atoms with E-state index < -0.39 is 11.8 Å². The van der Waals surface area contributed by atoms with Crippen molar-refractivity contribution >= 4 is 40.1 Å². The van der Waals surface area contributed by atoms with Gasteiger partial charge in [-0.15, -0.1) is 0 Å². The predicted octanol–water partition coefficient (Wildman–Crippen LogP) is 3.91. The van der Waals surface area contributed by atoms with E-state index >= 15 is 0 Å². The van der Waals surface area contributed by atoms with Crippen LogP contribution in [0.25, 0.3) is 16.7 Å². The second-order valence-electron chi connectivity index (χ2n) is 7.20. The fraction of sp³-hybridized carbons (Fsp3) is 0.0909. The average Bonchev–Trinajstić information content (AvgIpc) is 3.44. The molecule has 6 rings (SSSR count). The van der Waals surface area contributed by atoms with E-state index in [9.17, 15) is 9.59 Å². The number of halogens is 1. The number of aryl methyl sites for hydroxylation is 1. The highest BCUT2D eigenvalue weighted by atomic mass is 35.5. The van der Waals surface area contributed by atoms with Gasteiger partial charge in [0.1, 0.15) is 0 Å². The number of anilines is 1. The zero-order valence-corrected chi connectivity index (χ0v) is 16.9. The normalized spacial score (nSPS) is 14.6. The minimum atomic E-state index is -0.438. The number of aromatic nitrogens is 3. The van der Waals surface area contributed by atoms with Crippen LogP contribution >= 0.6 is 11.6 Å². The number of imide groups is 1. The predicted molar refractivity (Wildman–Crippen MR) is 112 cm³/mol. The van der Waals surface area contributed by atoms with Crippen LogP contribution in [0.5, 0.6) is 11.5 Å². The molecule has 0 saturated carbocycles. The van der Waals surface area contributed by atoms with E-state index in [1.54, 1.807) is 41.9 Å². The third-order valence-electron chi connectivity index (χ3n) is 5.41. The van der Waals surface area contributed by atoms with Gasteiger partial charge in [0.25, 0.3) is 11.8 Å². The number of amides is 2. The molecule has 0 N–H and O–H groups in total. The maximum absolute atomic E-state index is 13.4. The lowest BCUT2D eigenvalue weighted by molar-refractivity contribution is 0.0926. The molecule has 9 heteroatoms. The number of carbonyl (C=O) groups excluding carboxylic acids is 2. The maximum Gasteiger partial charge on any atom is 0.267 e. The van der Waals surface area contributed by atoms with E-state index in [4.69, 9.17) is 21.1 Å². The molecule has 4 aromatic rings. The molecule has 0 fully saturated rings. The third-order valence-corrected chi connectivity index (χ3v) is 5.66. The van der Waals surface area contributed by atoms with E-state index in [-0.39, 0.29) is 12.4 Å². The number of rotatable bonds is 2. The van der Waals surface area contributed by atoms with Crippen molar-refractivity contribution < 1.29 is 19.1 Å². The number of fused-ring (bicyclic) bond motifs is 4. The first-order chi connectivity index (χ1) is 15.0. The molecule has 152 valence electrons. The van der Waals surface area contributed by atoms with Gasteiger partial charge in [0.05, 0.1) is 33.6 Å². The van der Waals surface area contributed by atoms with Crippen molar-refractivity contribution in [3.63, 3.8) is 0 Å². The first kappa shape index (κ1) is 17.9. The number of hydrogen-bond acceptors (Lipinski definition) is 6. The summed E-state index contributed by atoms with van der Waals surface area (Å²) in [5, 5.41) is 5.72. The van der Waals surface area contributed by atoms with Crippen LogP contribution in [0.2, 0.25) is 5.02 Å². The summed E-state index contributed by atoms with van der Waals surface area (Å²) in [7, 11) is 0. The van der Waals surface area contributed by atoms with Crippen LogP contribution in [0.1, 0.15) is 26.4 Å². The van der Waals surface area contributed by atoms with Gasteiger partial charge in [0.15, 0.2) is 17.1 Å². The van der Waals surface area contributed by atoms with Gasteiger partial charge in [-0.1, -0.05) is 11.6 Å². The Hall–Kier alpha value is -3.91. The van der Waals surface area contributed by atoms with Gasteiger partial charge >= 0.3 is 0 Å². The molecule has 0 radical (unpaired) electrons. The Bertz CT molecular complexity index is 1430. The van der Waals surface area contributed by atoms with Crippen molar-refractivity contribution in [2.45, 2.75) is 6.92 Å². The van der Waals surface area contributed by atoms with Crippen molar-refractivity contribution in [1.82, 2.24) is 14.8 Å². The smallest absolute Gasteiger partial charge is 0.267 e. The van der Waals surface area contributed by atoms with Crippen molar-refractivity contribution in [1.29, 1.82) is 0 Å². The fourth-order valence-electron chi connectivity index (χ4n) is 3.98. The fourth-order valence-corrected chi connectivity index (χ4v) is 4.11. The van der Waals surface area contributed by atoms with Gasteiger partial charge in [0.2, 0.25) is 6.79 Å². The lowest BCUT2D eigenvalue weighted by Gasteiger charge is -2.14. The number of pyridine rings is 1. The number of hydrogen-bond donors (Lipinski definition) is 0. The monoisotopic (exact) mass is 432 g/mol. The maximum atomic E-state index is 13.4. The highest BCUT2D eigenvalue weighted by Gasteiger charge is 2.40. The second-order valence-corrected chi connectivity index (χ2v) is 7.64. The summed E-state index contributed by atoms with van der Waals surface area (Å²) in [6.45, 7) is 1.90. The van der Waals surface area contributed by atoms with Crippen molar-refractivity contribution in [2.75, 3.05) is 11.7 Å². The molecule has 0 atom stereocenters. The highest BCUT2D eigenvalue weighted by molar-refractivity contribution is 6.37. The zero-order chi connectivity index (χ0) is 21.3. The number of nitrogens with zero attached hydrogens (tertiary/aromatic N) is 4. The van der Waals surface area contributed by atoms with Crippen molar-refractivity contribution in [3.8, 4) is 17.2 Å². The van der Waals surface area contributed by atoms with Crippen LogP contribution in [-0.2, 0) is 0 Å². The standard InChI is InChI=1S/C22H13ClN4O4/c1-11-18-19-15(9-24-20(18)27(25-11)13-4-2-12(23)3-5-13)21(28)26(22(19)29)14-6-7-16-17(8-14)31-10-30-16/h2-9H,10H2,1H3. The lowest BCUT2D eigenvalue weighted by atomic mass is 10.1. The SMILES string of the molecule is Cc1nn(-c2ccc(Cl)cc2)c2ncc3c(c12)C(=O)N(c1ccc2c(c1)OCO2)C3=O. The Morgan fingerprint density at radius 3 is 2.52 bits per heavy atom. The molecule has 2 aromatic carbocycles. The topological polar surface area (TPSA) is 86.6 Å². The summed E-state index contributed by atoms with van der Waals surface area (Å²) >= 11 is 5.99. The number of carbonyl (C=O) groups is 2. The second kappa shape index (κ2) is 6.29. The van der Waals surface area contributed by atoms with Crippen LogP contribution in [0.4, 0.5) is 5.69 Å². The third kappa shape index (κ3) is 2.48. The quantitative estimate of drug-likeness (QED) is 0.446. The summed E-state index contributed by atoms with van der Waals surface area (Å²) in [5.41, 5.74) is 2.79. The number of benzene rings is 2. The summed E-state index contributed by atoms with van der Waals surface area (Å²) in [5.74, 6) is 0.200. The minimum Gasteiger partial charge on any atom is -0.454 e. The largest absolute Gasteiger partial charge is 0.454 e. The molecule has 2 aliphatic heterocycles. The first-order valence-corrected chi connectivity index (χ1v) is 9.83. The molecule has 4 heterocycles. The zero-order valence-electron chi connectivity index (χ0n) is 16.1. The minimum absolute atomic E-state index is 0.106. The molecule has 31 heavy (non-hydrogen) atoms. The van der Waals surface area contributed by atoms with Crippen LogP contribution in [0, 0.1) is 6.92 Å². The van der Waals surface area contributed by atoms with Crippen LogP contribution in [0.15, 0.2) is 48.7 Å². The molecule has 0 unspecified atom stereocenters. The van der Waals surface area contributed by atoms with Gasteiger partial charge in [0, 0.05) is 17.3 Å². The van der Waals surface area contributed by atoms with Crippen LogP contribution < -0.4 is 14.4 Å². The van der Waals surface area contributed by atoms with E-state index in [2.05, 4.69) is 10.1 Å². The molecule has 2 aromatic heterocycles. The van der Waals surface area contributed by atoms with Gasteiger partial charge in [-0.25, -0.2) is 14.6 Å². The van der Waals surface area contributed by atoms with E-state index in [1.807, 2.05) is 12.1 Å². The van der Waals surface area contributed by atoms with E-state index in [0.717, 1.165) is 10.6 Å². The molecule has 0 bridgehead atoms. The van der Waals surface area contributed by atoms with Gasteiger partial charge in [-0.2, -0.15) is 5.10 Å². The molecule has 0 spiro atoms. The summed E-state index contributed by atoms with van der Waals surface area (Å²) in [6.07, 6.45) is 1.43. The van der Waals surface area contributed by atoms with Crippen molar-refractivity contribution in [3.05, 3.63) is 70.5 Å². The molecule has 0 aliphatic carbocycles. The van der Waals surface area contributed by atoms with Crippen LogP contribution in [-0.4, -0.2) is 33.4 Å². The van der Waals surface area contributed by atoms with Crippen LogP contribution in [0.3, 0.4) is 0 Å². The van der Waals surface area contributed by atoms with E-state index in [1.165, 1.54) is 6.20 Å². The molecular weight excluding hydrogens is 420 g/mol. The Morgan fingerprint density at radius 1 is 0.968 bits per heavy atom. The molecule has 0 saturated heterocycles. The molecular formula is C22H13ClN4O4. The van der Waals surface area contributed by atoms with E-state index in [0.29, 0.717) is 44.5 Å². The molecule has 2 aliphatic rings. The average molecular weight is 433 g/mol. The number of ether oxygens (including phenoxy) is 2. The molecule has 2 amide bonds. The summed E-state index contributed by atoms with van der Waals surface area (Å²) in [6, 6.07) is 12.1. The summed E-state index contributed by atoms with van der Waals surface area (Å²) in [4.78, 5) is 32.1. The van der Waals surface area contributed by atoms with Gasteiger partial charge in [-0.3, -0.25) is 9.59 Å². The van der Waals surface area contributed by atoms with Crippen molar-refractivity contribution in [2.24, 2.45) is 0 Å². The Kier molecular flexibility index (Phi) is 3.63. The highest BCUT2D eigenvalue weighted by Crippen LogP contribution is 2.39.